The summed E-state index contributed by atoms with van der Waals surface area (Å²) in [7, 11) is 0. The molecule has 0 radical (unpaired) electrons. The monoisotopic (exact) mass is 729 g/mol. The van der Waals surface area contributed by atoms with Crippen LogP contribution in [-0.4, -0.2) is 52.3 Å². The molecule has 0 aromatic carbocycles. The number of aliphatic carboxylic acids is 1. The molecular formula is C44H76N2O6. The Morgan fingerprint density at radius 3 is 1.92 bits per heavy atom. The van der Waals surface area contributed by atoms with Gasteiger partial charge in [-0.15, -0.1) is 0 Å². The lowest BCUT2D eigenvalue weighted by Gasteiger charge is -2.45. The first kappa shape index (κ1) is 44.2. The zero-order valence-corrected chi connectivity index (χ0v) is 34.0. The standard InChI is InChI=1S/C44H76N2O6/c1-7-9-11-13-15-17-19-21-25-33(26-22-20-18-16-14-12-10-8-2)42(50)46-37-28-24-23-27-34(37)36(31-38(47)48)39-35(29-30-45-39)40(49)41-43(3,4)32-51-44(5,6)52-41/h29-30,33-34,36-37,41,45H,7-28,31-32H2,1-6H3,(H,46,50)(H,47,48). The Kier molecular flexibility index (Phi) is 19.5. The summed E-state index contributed by atoms with van der Waals surface area (Å²) in [6, 6.07) is 1.64. The molecule has 1 aromatic heterocycles. The van der Waals surface area contributed by atoms with Gasteiger partial charge in [-0.2, -0.15) is 0 Å². The fourth-order valence-electron chi connectivity index (χ4n) is 8.60. The molecule has 1 saturated heterocycles. The molecule has 1 amide bonds. The van der Waals surface area contributed by atoms with Crippen LogP contribution >= 0.6 is 0 Å². The number of ether oxygens (including phenoxy) is 2. The molecule has 1 aliphatic heterocycles. The van der Waals surface area contributed by atoms with Crippen LogP contribution in [-0.2, 0) is 19.1 Å². The first-order valence-electron chi connectivity index (χ1n) is 21.5. The maximum absolute atomic E-state index is 14.2. The largest absolute Gasteiger partial charge is 0.481 e. The summed E-state index contributed by atoms with van der Waals surface area (Å²) < 4.78 is 12.1. The van der Waals surface area contributed by atoms with Crippen molar-refractivity contribution >= 4 is 17.7 Å². The van der Waals surface area contributed by atoms with E-state index in [-0.39, 0.29) is 36.0 Å². The fourth-order valence-corrected chi connectivity index (χ4v) is 8.60. The number of nitrogens with one attached hydrogen (secondary N) is 2. The number of amides is 1. The van der Waals surface area contributed by atoms with E-state index in [4.69, 9.17) is 9.47 Å². The molecule has 298 valence electrons. The Bertz CT molecular complexity index is 1170. The number of carbonyl (C=O) groups excluding carboxylic acids is 2. The second-order valence-corrected chi connectivity index (χ2v) is 17.3. The van der Waals surface area contributed by atoms with Crippen molar-refractivity contribution in [1.29, 1.82) is 0 Å². The lowest BCUT2D eigenvalue weighted by atomic mass is 9.72. The minimum Gasteiger partial charge on any atom is -0.481 e. The van der Waals surface area contributed by atoms with E-state index < -0.39 is 29.2 Å². The Morgan fingerprint density at radius 1 is 0.827 bits per heavy atom. The van der Waals surface area contributed by atoms with E-state index in [1.807, 2.05) is 27.7 Å². The average Bonchev–Trinajstić information content (AvgIpc) is 3.59. The molecule has 3 rings (SSSR count). The van der Waals surface area contributed by atoms with E-state index in [1.54, 1.807) is 12.3 Å². The summed E-state index contributed by atoms with van der Waals surface area (Å²) >= 11 is 0. The number of carboxylic acids is 1. The molecule has 1 saturated carbocycles. The van der Waals surface area contributed by atoms with Crippen molar-refractivity contribution in [2.45, 2.75) is 213 Å². The van der Waals surface area contributed by atoms with Crippen molar-refractivity contribution in [1.82, 2.24) is 10.3 Å². The molecule has 1 aromatic rings. The second kappa shape index (κ2) is 22.9. The number of carboxylic acid groups (broad SMARTS) is 1. The molecule has 2 aliphatic rings. The van der Waals surface area contributed by atoms with Crippen LogP contribution in [0.2, 0.25) is 0 Å². The van der Waals surface area contributed by atoms with Crippen molar-refractivity contribution in [3.8, 4) is 0 Å². The van der Waals surface area contributed by atoms with Gasteiger partial charge in [-0.1, -0.05) is 143 Å². The van der Waals surface area contributed by atoms with Gasteiger partial charge in [-0.3, -0.25) is 14.4 Å². The van der Waals surface area contributed by atoms with Crippen molar-refractivity contribution in [3.05, 3.63) is 23.5 Å². The number of ketones is 1. The third kappa shape index (κ3) is 14.6. The molecule has 8 heteroatoms. The van der Waals surface area contributed by atoms with Crippen molar-refractivity contribution < 1.29 is 29.0 Å². The zero-order chi connectivity index (χ0) is 38.0. The van der Waals surface area contributed by atoms with Crippen LogP contribution in [0.4, 0.5) is 0 Å². The van der Waals surface area contributed by atoms with Crippen LogP contribution in [0.3, 0.4) is 0 Å². The lowest BCUT2D eigenvalue weighted by Crippen LogP contribution is -2.53. The van der Waals surface area contributed by atoms with E-state index in [9.17, 15) is 19.5 Å². The van der Waals surface area contributed by atoms with Crippen LogP contribution in [0.5, 0.6) is 0 Å². The smallest absolute Gasteiger partial charge is 0.304 e. The van der Waals surface area contributed by atoms with E-state index in [0.29, 0.717) is 17.9 Å². The van der Waals surface area contributed by atoms with Crippen LogP contribution in [0.15, 0.2) is 12.3 Å². The van der Waals surface area contributed by atoms with Gasteiger partial charge in [0.2, 0.25) is 5.91 Å². The van der Waals surface area contributed by atoms with E-state index in [0.717, 1.165) is 51.4 Å². The summed E-state index contributed by atoms with van der Waals surface area (Å²) in [6.07, 6.45) is 26.3. The maximum Gasteiger partial charge on any atom is 0.304 e. The summed E-state index contributed by atoms with van der Waals surface area (Å²) in [4.78, 5) is 44.1. The average molecular weight is 729 g/mol. The molecule has 2 heterocycles. The maximum atomic E-state index is 14.2. The molecular weight excluding hydrogens is 652 g/mol. The summed E-state index contributed by atoms with van der Waals surface area (Å²) in [5.41, 5.74) is 0.584. The van der Waals surface area contributed by atoms with E-state index >= 15 is 0 Å². The molecule has 4 atom stereocenters. The summed E-state index contributed by atoms with van der Waals surface area (Å²) in [5.74, 6) is -2.36. The molecule has 52 heavy (non-hydrogen) atoms. The fraction of sp³-hybridized carbons (Fsp3) is 0.841. The number of rotatable bonds is 26. The highest BCUT2D eigenvalue weighted by molar-refractivity contribution is 6.01. The quantitative estimate of drug-likeness (QED) is 0.0645. The van der Waals surface area contributed by atoms with Gasteiger partial charge in [0.15, 0.2) is 11.6 Å². The topological polar surface area (TPSA) is 118 Å². The molecule has 0 spiro atoms. The van der Waals surface area contributed by atoms with Crippen LogP contribution < -0.4 is 5.32 Å². The Balaban J connectivity index is 1.73. The normalized spacial score (nSPS) is 21.9. The van der Waals surface area contributed by atoms with Crippen molar-refractivity contribution in [2.24, 2.45) is 17.3 Å². The zero-order valence-electron chi connectivity index (χ0n) is 34.0. The highest BCUT2D eigenvalue weighted by Gasteiger charge is 2.47. The number of unbranched alkanes of at least 4 members (excludes halogenated alkanes) is 14. The van der Waals surface area contributed by atoms with Gasteiger partial charge in [-0.25, -0.2) is 0 Å². The number of aromatic nitrogens is 1. The molecule has 1 aliphatic carbocycles. The lowest BCUT2D eigenvalue weighted by molar-refractivity contribution is -0.298. The predicted molar refractivity (Wildman–Crippen MR) is 211 cm³/mol. The third-order valence-electron chi connectivity index (χ3n) is 11.8. The number of carbonyl (C=O) groups is 3. The second-order valence-electron chi connectivity index (χ2n) is 17.3. The highest BCUT2D eigenvalue weighted by atomic mass is 16.7. The number of hydrogen-bond acceptors (Lipinski definition) is 5. The number of hydrogen-bond donors (Lipinski definition) is 3. The SMILES string of the molecule is CCCCCCCCCCC(CCCCCCCCCC)C(=O)NC1CCCCC1C(CC(=O)O)c1[nH]ccc1C(=O)C1OC(C)(C)OCC1(C)C. The van der Waals surface area contributed by atoms with Crippen LogP contribution in [0.25, 0.3) is 0 Å². The summed E-state index contributed by atoms with van der Waals surface area (Å²) in [5, 5.41) is 13.7. The number of H-pyrrole nitrogens is 1. The minimum atomic E-state index is -0.903. The minimum absolute atomic E-state index is 0.0143. The van der Waals surface area contributed by atoms with Crippen LogP contribution in [0, 0.1) is 17.3 Å². The first-order valence-corrected chi connectivity index (χ1v) is 21.5. The van der Waals surface area contributed by atoms with E-state index in [2.05, 4.69) is 24.1 Å². The Morgan fingerprint density at radius 2 is 1.37 bits per heavy atom. The van der Waals surface area contributed by atoms with Crippen molar-refractivity contribution in [3.63, 3.8) is 0 Å². The van der Waals surface area contributed by atoms with Gasteiger partial charge >= 0.3 is 5.97 Å². The van der Waals surface area contributed by atoms with Gasteiger partial charge in [0.25, 0.3) is 0 Å². The van der Waals surface area contributed by atoms with Gasteiger partial charge in [-0.05, 0) is 51.5 Å². The predicted octanol–water partition coefficient (Wildman–Crippen LogP) is 11.3. The molecule has 3 N–H and O–H groups in total. The molecule has 8 nitrogen and oxygen atoms in total. The molecule has 0 bridgehead atoms. The summed E-state index contributed by atoms with van der Waals surface area (Å²) in [6.45, 7) is 12.5. The third-order valence-corrected chi connectivity index (χ3v) is 11.8. The van der Waals surface area contributed by atoms with Crippen molar-refractivity contribution in [2.75, 3.05) is 6.61 Å². The highest BCUT2D eigenvalue weighted by Crippen LogP contribution is 2.42. The Labute approximate surface area is 316 Å². The number of Topliss-reactive ketones (excluding diaryl/α,β-unsaturated/α-hetero) is 1. The van der Waals surface area contributed by atoms with Gasteiger partial charge in [0.05, 0.1) is 13.0 Å². The van der Waals surface area contributed by atoms with Crippen LogP contribution in [0.1, 0.15) is 211 Å². The molecule has 4 unspecified atom stereocenters. The van der Waals surface area contributed by atoms with Gasteiger partial charge < -0.3 is 24.9 Å². The Hall–Kier alpha value is -2.19. The van der Waals surface area contributed by atoms with E-state index in [1.165, 1.54) is 89.9 Å². The molecule has 2 fully saturated rings. The first-order chi connectivity index (χ1) is 24.9. The van der Waals surface area contributed by atoms with Gasteiger partial charge in [0.1, 0.15) is 6.10 Å². The number of aromatic amines is 1. The van der Waals surface area contributed by atoms with Gasteiger partial charge in [0, 0.05) is 40.7 Å².